The van der Waals surface area contributed by atoms with Gasteiger partial charge in [0, 0.05) is 24.9 Å². The lowest BCUT2D eigenvalue weighted by atomic mass is 9.94. The Balaban J connectivity index is 2.03. The van der Waals surface area contributed by atoms with Crippen LogP contribution in [-0.4, -0.2) is 57.7 Å². The summed E-state index contributed by atoms with van der Waals surface area (Å²) >= 11 is 0. The standard InChI is InChI=1S/C26H35NO6/c1-5-14-27(25(32)26(2,3)4)16-21(30)17-33-24-13-11-20(29)15-22(24)23(31)12-8-18-6-9-19(28)10-7-18/h6-7,9-11,13,15,21,28-30H,5,8,12,14,16-17H2,1-4H3. The Morgan fingerprint density at radius 2 is 1.67 bits per heavy atom. The first-order valence-electron chi connectivity index (χ1n) is 11.3. The number of benzene rings is 2. The van der Waals surface area contributed by atoms with E-state index in [4.69, 9.17) is 4.74 Å². The number of carbonyl (C=O) groups excluding carboxylic acids is 2. The lowest BCUT2D eigenvalue weighted by Crippen LogP contribution is -2.45. The van der Waals surface area contributed by atoms with E-state index < -0.39 is 11.5 Å². The molecule has 180 valence electrons. The van der Waals surface area contributed by atoms with Gasteiger partial charge in [-0.1, -0.05) is 39.8 Å². The Hall–Kier alpha value is -3.06. The molecular weight excluding hydrogens is 422 g/mol. The van der Waals surface area contributed by atoms with Crippen molar-refractivity contribution in [3.8, 4) is 17.2 Å². The smallest absolute Gasteiger partial charge is 0.228 e. The van der Waals surface area contributed by atoms with E-state index in [0.717, 1.165) is 12.0 Å². The number of ketones is 1. The Kier molecular flexibility index (Phi) is 9.29. The third-order valence-electron chi connectivity index (χ3n) is 5.13. The van der Waals surface area contributed by atoms with Gasteiger partial charge in [-0.3, -0.25) is 9.59 Å². The first kappa shape index (κ1) is 26.2. The molecule has 3 N–H and O–H groups in total. The van der Waals surface area contributed by atoms with Gasteiger partial charge in [0.25, 0.3) is 0 Å². The van der Waals surface area contributed by atoms with Crippen LogP contribution in [0.1, 0.15) is 56.5 Å². The molecule has 0 spiro atoms. The number of ether oxygens (including phenoxy) is 1. The van der Waals surface area contributed by atoms with E-state index in [0.29, 0.717) is 13.0 Å². The first-order valence-corrected chi connectivity index (χ1v) is 11.3. The molecule has 0 aliphatic heterocycles. The van der Waals surface area contributed by atoms with Gasteiger partial charge in [0.05, 0.1) is 5.56 Å². The molecule has 1 atom stereocenters. The van der Waals surface area contributed by atoms with Gasteiger partial charge in [0.1, 0.15) is 30.0 Å². The molecule has 0 aliphatic carbocycles. The second-order valence-corrected chi connectivity index (χ2v) is 9.24. The molecule has 2 rings (SSSR count). The number of hydrogen-bond donors (Lipinski definition) is 3. The molecule has 0 radical (unpaired) electrons. The molecule has 0 fully saturated rings. The van der Waals surface area contributed by atoms with Crippen LogP contribution in [0.5, 0.6) is 17.2 Å². The van der Waals surface area contributed by atoms with Crippen molar-refractivity contribution in [1.29, 1.82) is 0 Å². The molecule has 0 aromatic heterocycles. The second kappa shape index (κ2) is 11.7. The molecular formula is C26H35NO6. The van der Waals surface area contributed by atoms with E-state index in [1.54, 1.807) is 29.2 Å². The number of rotatable bonds is 11. The minimum atomic E-state index is -0.934. The summed E-state index contributed by atoms with van der Waals surface area (Å²) in [6, 6.07) is 10.9. The minimum absolute atomic E-state index is 0.0434. The highest BCUT2D eigenvalue weighted by Gasteiger charge is 2.28. The van der Waals surface area contributed by atoms with E-state index in [9.17, 15) is 24.9 Å². The van der Waals surface area contributed by atoms with Crippen molar-refractivity contribution in [3.63, 3.8) is 0 Å². The van der Waals surface area contributed by atoms with Crippen LogP contribution < -0.4 is 4.74 Å². The second-order valence-electron chi connectivity index (χ2n) is 9.24. The van der Waals surface area contributed by atoms with E-state index in [2.05, 4.69) is 0 Å². The third kappa shape index (κ3) is 8.09. The van der Waals surface area contributed by atoms with Crippen LogP contribution in [0.3, 0.4) is 0 Å². The fraction of sp³-hybridized carbons (Fsp3) is 0.462. The maximum Gasteiger partial charge on any atom is 0.228 e. The molecule has 0 aliphatic rings. The number of carbonyl (C=O) groups is 2. The summed E-state index contributed by atoms with van der Waals surface area (Å²) in [5.74, 6) is 0.124. The number of Topliss-reactive ketones (excluding diaryl/α,β-unsaturated/α-hetero) is 1. The summed E-state index contributed by atoms with van der Waals surface area (Å²) in [6.07, 6.45) is 0.499. The quantitative estimate of drug-likeness (QED) is 0.441. The highest BCUT2D eigenvalue weighted by molar-refractivity contribution is 5.99. The van der Waals surface area contributed by atoms with Crippen molar-refractivity contribution in [2.45, 2.75) is 53.1 Å². The number of phenolic OH excluding ortho intramolecular Hbond substituents is 2. The van der Waals surface area contributed by atoms with Crippen molar-refractivity contribution >= 4 is 11.7 Å². The summed E-state index contributed by atoms with van der Waals surface area (Å²) in [4.78, 5) is 27.1. The zero-order valence-corrected chi connectivity index (χ0v) is 19.9. The van der Waals surface area contributed by atoms with Crippen LogP contribution >= 0.6 is 0 Å². The molecule has 0 heterocycles. The van der Waals surface area contributed by atoms with Gasteiger partial charge >= 0.3 is 0 Å². The van der Waals surface area contributed by atoms with Crippen LogP contribution in [0.4, 0.5) is 0 Å². The molecule has 2 aromatic rings. The average molecular weight is 458 g/mol. The normalized spacial score (nSPS) is 12.3. The number of phenols is 2. The highest BCUT2D eigenvalue weighted by Crippen LogP contribution is 2.26. The highest BCUT2D eigenvalue weighted by atomic mass is 16.5. The maximum absolute atomic E-state index is 12.8. The molecule has 2 aromatic carbocycles. The van der Waals surface area contributed by atoms with Crippen LogP contribution in [0.15, 0.2) is 42.5 Å². The zero-order chi connectivity index (χ0) is 24.6. The molecule has 0 bridgehead atoms. The third-order valence-corrected chi connectivity index (χ3v) is 5.13. The Labute approximate surface area is 195 Å². The van der Waals surface area contributed by atoms with Crippen LogP contribution in [-0.2, 0) is 11.2 Å². The predicted octanol–water partition coefficient (Wildman–Crippen LogP) is 3.94. The van der Waals surface area contributed by atoms with Crippen molar-refractivity contribution in [1.82, 2.24) is 4.90 Å². The molecule has 7 nitrogen and oxygen atoms in total. The van der Waals surface area contributed by atoms with Gasteiger partial charge in [-0.25, -0.2) is 0 Å². The largest absolute Gasteiger partial charge is 0.508 e. The topological polar surface area (TPSA) is 107 Å². The van der Waals surface area contributed by atoms with Crippen molar-refractivity contribution in [3.05, 3.63) is 53.6 Å². The molecule has 1 amide bonds. The van der Waals surface area contributed by atoms with Crippen LogP contribution in [0.25, 0.3) is 0 Å². The fourth-order valence-electron chi connectivity index (χ4n) is 3.43. The number of aliphatic hydroxyl groups is 1. The van der Waals surface area contributed by atoms with Gasteiger partial charge in [0.15, 0.2) is 5.78 Å². The summed E-state index contributed by atoms with van der Waals surface area (Å²) < 4.78 is 5.73. The molecule has 0 saturated carbocycles. The van der Waals surface area contributed by atoms with Gasteiger partial charge in [-0.15, -0.1) is 0 Å². The van der Waals surface area contributed by atoms with E-state index in [1.807, 2.05) is 27.7 Å². The molecule has 0 saturated heterocycles. The summed E-state index contributed by atoms with van der Waals surface area (Å²) in [5.41, 5.74) is 0.583. The zero-order valence-electron chi connectivity index (χ0n) is 19.9. The Morgan fingerprint density at radius 3 is 2.27 bits per heavy atom. The lowest BCUT2D eigenvalue weighted by Gasteiger charge is -2.31. The van der Waals surface area contributed by atoms with Gasteiger partial charge in [-0.05, 0) is 48.7 Å². The van der Waals surface area contributed by atoms with Crippen LogP contribution in [0, 0.1) is 5.41 Å². The SMILES string of the molecule is CCCN(CC(O)COc1ccc(O)cc1C(=O)CCc1ccc(O)cc1)C(=O)C(C)(C)C. The monoisotopic (exact) mass is 457 g/mol. The van der Waals surface area contributed by atoms with E-state index >= 15 is 0 Å². The summed E-state index contributed by atoms with van der Waals surface area (Å²) in [5, 5.41) is 29.8. The predicted molar refractivity (Wildman–Crippen MR) is 127 cm³/mol. The average Bonchev–Trinajstić information content (AvgIpc) is 2.76. The van der Waals surface area contributed by atoms with Crippen molar-refractivity contribution < 1.29 is 29.6 Å². The number of aryl methyl sites for hydroxylation is 1. The summed E-state index contributed by atoms with van der Waals surface area (Å²) in [6.45, 7) is 8.06. The van der Waals surface area contributed by atoms with Gasteiger partial charge in [-0.2, -0.15) is 0 Å². The lowest BCUT2D eigenvalue weighted by molar-refractivity contribution is -0.141. The molecule has 33 heavy (non-hydrogen) atoms. The van der Waals surface area contributed by atoms with Crippen LogP contribution in [0.2, 0.25) is 0 Å². The Bertz CT molecular complexity index is 933. The number of nitrogens with zero attached hydrogens (tertiary/aromatic N) is 1. The Morgan fingerprint density at radius 1 is 1.03 bits per heavy atom. The number of aromatic hydroxyl groups is 2. The number of hydrogen-bond acceptors (Lipinski definition) is 6. The minimum Gasteiger partial charge on any atom is -0.508 e. The van der Waals surface area contributed by atoms with Crippen molar-refractivity contribution in [2.75, 3.05) is 19.7 Å². The van der Waals surface area contributed by atoms with E-state index in [-0.39, 0.29) is 54.1 Å². The fourth-order valence-corrected chi connectivity index (χ4v) is 3.43. The molecule has 1 unspecified atom stereocenters. The van der Waals surface area contributed by atoms with Gasteiger partial charge < -0.3 is 25.0 Å². The van der Waals surface area contributed by atoms with E-state index in [1.165, 1.54) is 18.2 Å². The number of aliphatic hydroxyl groups excluding tert-OH is 1. The maximum atomic E-state index is 12.8. The molecule has 7 heteroatoms. The van der Waals surface area contributed by atoms with Crippen molar-refractivity contribution in [2.24, 2.45) is 5.41 Å². The first-order chi connectivity index (χ1) is 15.5. The number of amides is 1. The summed E-state index contributed by atoms with van der Waals surface area (Å²) in [7, 11) is 0. The van der Waals surface area contributed by atoms with Gasteiger partial charge in [0.2, 0.25) is 5.91 Å².